The Kier molecular flexibility index (Phi) is 6.12. The third-order valence-corrected chi connectivity index (χ3v) is 5.88. The van der Waals surface area contributed by atoms with E-state index in [2.05, 4.69) is 0 Å². The van der Waals surface area contributed by atoms with Gasteiger partial charge in [-0.05, 0) is 23.8 Å². The highest BCUT2D eigenvalue weighted by Crippen LogP contribution is 2.21. The van der Waals surface area contributed by atoms with E-state index in [-0.39, 0.29) is 30.4 Å². The van der Waals surface area contributed by atoms with Gasteiger partial charge >= 0.3 is 0 Å². The monoisotopic (exact) mass is 414 g/mol. The Morgan fingerprint density at radius 2 is 1.39 bits per heavy atom. The first kappa shape index (κ1) is 20.8. The summed E-state index contributed by atoms with van der Waals surface area (Å²) in [5.74, 6) is -0.0470. The fraction of sp³-hybridized carbons (Fsp3) is 0.269. The minimum Gasteiger partial charge on any atom is -0.339 e. The molecule has 4 rings (SSSR count). The number of ketones is 1. The van der Waals surface area contributed by atoms with Crippen molar-refractivity contribution in [2.45, 2.75) is 19.8 Å². The summed E-state index contributed by atoms with van der Waals surface area (Å²) in [6, 6.07) is 21.0. The lowest BCUT2D eigenvalue weighted by atomic mass is 10.0. The van der Waals surface area contributed by atoms with Crippen LogP contribution in [0.25, 0.3) is 10.8 Å². The van der Waals surface area contributed by atoms with Crippen LogP contribution in [-0.2, 0) is 4.79 Å². The van der Waals surface area contributed by atoms with E-state index in [1.54, 1.807) is 17.0 Å². The van der Waals surface area contributed by atoms with Gasteiger partial charge in [0.2, 0.25) is 5.91 Å². The van der Waals surface area contributed by atoms with Crippen LogP contribution in [0.4, 0.5) is 0 Å². The SMILES string of the molecule is Cc1ccc(C(=O)CCC(=O)N2CCN(C(=O)c3cccc4ccccc34)CC2)cc1. The zero-order valence-corrected chi connectivity index (χ0v) is 17.7. The molecule has 0 bridgehead atoms. The van der Waals surface area contributed by atoms with Crippen molar-refractivity contribution in [2.75, 3.05) is 26.2 Å². The number of rotatable bonds is 5. The number of amides is 2. The number of carbonyl (C=O) groups is 3. The number of aryl methyl sites for hydroxylation is 1. The number of piperazine rings is 1. The van der Waals surface area contributed by atoms with Crippen LogP contribution in [0.3, 0.4) is 0 Å². The fourth-order valence-corrected chi connectivity index (χ4v) is 4.00. The highest BCUT2D eigenvalue weighted by Gasteiger charge is 2.25. The lowest BCUT2D eigenvalue weighted by Crippen LogP contribution is -2.50. The second-order valence-corrected chi connectivity index (χ2v) is 7.99. The van der Waals surface area contributed by atoms with Gasteiger partial charge in [0.1, 0.15) is 0 Å². The van der Waals surface area contributed by atoms with E-state index in [0.717, 1.165) is 16.3 Å². The first-order valence-corrected chi connectivity index (χ1v) is 10.7. The summed E-state index contributed by atoms with van der Waals surface area (Å²) in [5.41, 5.74) is 2.44. The van der Waals surface area contributed by atoms with Crippen LogP contribution in [0.15, 0.2) is 66.7 Å². The van der Waals surface area contributed by atoms with Crippen LogP contribution in [0, 0.1) is 6.92 Å². The molecule has 1 aliphatic heterocycles. The Morgan fingerprint density at radius 1 is 0.742 bits per heavy atom. The van der Waals surface area contributed by atoms with Gasteiger partial charge in [-0.3, -0.25) is 14.4 Å². The molecule has 5 heteroatoms. The fourth-order valence-electron chi connectivity index (χ4n) is 4.00. The van der Waals surface area contributed by atoms with Crippen LogP contribution in [0.1, 0.15) is 39.1 Å². The Bertz CT molecular complexity index is 1110. The Balaban J connectivity index is 1.31. The zero-order chi connectivity index (χ0) is 21.8. The van der Waals surface area contributed by atoms with Gasteiger partial charge in [-0.2, -0.15) is 0 Å². The van der Waals surface area contributed by atoms with Gasteiger partial charge in [0.25, 0.3) is 5.91 Å². The molecule has 0 aliphatic carbocycles. The number of hydrogen-bond acceptors (Lipinski definition) is 3. The zero-order valence-electron chi connectivity index (χ0n) is 17.7. The van der Waals surface area contributed by atoms with Crippen LogP contribution < -0.4 is 0 Å². The van der Waals surface area contributed by atoms with E-state index in [4.69, 9.17) is 0 Å². The third kappa shape index (κ3) is 4.66. The van der Waals surface area contributed by atoms with Crippen molar-refractivity contribution < 1.29 is 14.4 Å². The second kappa shape index (κ2) is 9.13. The van der Waals surface area contributed by atoms with Crippen LogP contribution in [0.2, 0.25) is 0 Å². The van der Waals surface area contributed by atoms with Gasteiger partial charge in [0, 0.05) is 50.1 Å². The van der Waals surface area contributed by atoms with Crippen molar-refractivity contribution in [1.29, 1.82) is 0 Å². The van der Waals surface area contributed by atoms with Gasteiger partial charge in [-0.25, -0.2) is 0 Å². The Morgan fingerprint density at radius 3 is 2.13 bits per heavy atom. The van der Waals surface area contributed by atoms with Crippen molar-refractivity contribution in [3.8, 4) is 0 Å². The second-order valence-electron chi connectivity index (χ2n) is 7.99. The third-order valence-electron chi connectivity index (χ3n) is 5.88. The maximum Gasteiger partial charge on any atom is 0.254 e. The maximum absolute atomic E-state index is 13.1. The minimum absolute atomic E-state index is 0.00144. The molecule has 3 aromatic rings. The standard InChI is InChI=1S/C26H26N2O3/c1-19-9-11-21(12-10-19)24(29)13-14-25(30)27-15-17-28(18-16-27)26(31)23-8-4-6-20-5-2-3-7-22(20)23/h2-12H,13-18H2,1H3. The molecule has 2 amide bonds. The molecular weight excluding hydrogens is 388 g/mol. The van der Waals surface area contributed by atoms with Gasteiger partial charge in [-0.15, -0.1) is 0 Å². The average molecular weight is 415 g/mol. The first-order chi connectivity index (χ1) is 15.0. The number of benzene rings is 3. The predicted octanol–water partition coefficient (Wildman–Crippen LogP) is 4.10. The smallest absolute Gasteiger partial charge is 0.254 e. The molecule has 31 heavy (non-hydrogen) atoms. The molecule has 0 saturated carbocycles. The molecule has 5 nitrogen and oxygen atoms in total. The van der Waals surface area contributed by atoms with Crippen molar-refractivity contribution in [3.05, 3.63) is 83.4 Å². The number of Topliss-reactive ketones (excluding diaryl/α,β-unsaturated/α-hetero) is 1. The van der Waals surface area contributed by atoms with E-state index in [0.29, 0.717) is 37.3 Å². The molecule has 0 radical (unpaired) electrons. The molecular formula is C26H26N2O3. The minimum atomic E-state index is -0.0299. The molecule has 0 unspecified atom stereocenters. The lowest BCUT2D eigenvalue weighted by molar-refractivity contribution is -0.132. The van der Waals surface area contributed by atoms with Gasteiger partial charge in [-0.1, -0.05) is 66.2 Å². The van der Waals surface area contributed by atoms with Crippen LogP contribution >= 0.6 is 0 Å². The summed E-state index contributed by atoms with van der Waals surface area (Å²) in [7, 11) is 0. The van der Waals surface area contributed by atoms with Crippen molar-refractivity contribution in [3.63, 3.8) is 0 Å². The summed E-state index contributed by atoms with van der Waals surface area (Å²) < 4.78 is 0. The molecule has 158 valence electrons. The Labute approximate surface area is 182 Å². The van der Waals surface area contributed by atoms with Gasteiger partial charge in [0.15, 0.2) is 5.78 Å². The largest absolute Gasteiger partial charge is 0.339 e. The van der Waals surface area contributed by atoms with Crippen molar-refractivity contribution in [1.82, 2.24) is 9.80 Å². The van der Waals surface area contributed by atoms with Gasteiger partial charge in [0.05, 0.1) is 0 Å². The normalized spacial score (nSPS) is 14.0. The quantitative estimate of drug-likeness (QED) is 0.591. The van der Waals surface area contributed by atoms with Gasteiger partial charge < -0.3 is 9.80 Å². The highest BCUT2D eigenvalue weighted by molar-refractivity contribution is 6.07. The number of carbonyl (C=O) groups excluding carboxylic acids is 3. The Hall–Kier alpha value is -3.47. The van der Waals surface area contributed by atoms with E-state index >= 15 is 0 Å². The lowest BCUT2D eigenvalue weighted by Gasteiger charge is -2.35. The van der Waals surface area contributed by atoms with E-state index in [1.807, 2.05) is 66.4 Å². The molecule has 1 saturated heterocycles. The topological polar surface area (TPSA) is 57.7 Å². The molecule has 0 atom stereocenters. The molecule has 3 aromatic carbocycles. The van der Waals surface area contributed by atoms with Crippen LogP contribution in [0.5, 0.6) is 0 Å². The summed E-state index contributed by atoms with van der Waals surface area (Å²) >= 11 is 0. The maximum atomic E-state index is 13.1. The summed E-state index contributed by atoms with van der Waals surface area (Å²) in [6.45, 7) is 3.96. The molecule has 0 N–H and O–H groups in total. The van der Waals surface area contributed by atoms with E-state index in [9.17, 15) is 14.4 Å². The summed E-state index contributed by atoms with van der Waals surface area (Å²) in [5, 5.41) is 1.99. The predicted molar refractivity (Wildman–Crippen MR) is 121 cm³/mol. The number of hydrogen-bond donors (Lipinski definition) is 0. The van der Waals surface area contributed by atoms with E-state index < -0.39 is 0 Å². The van der Waals surface area contributed by atoms with E-state index in [1.165, 1.54) is 0 Å². The highest BCUT2D eigenvalue weighted by atomic mass is 16.2. The first-order valence-electron chi connectivity index (χ1n) is 10.7. The van der Waals surface area contributed by atoms with Crippen LogP contribution in [-0.4, -0.2) is 53.6 Å². The molecule has 1 heterocycles. The summed E-state index contributed by atoms with van der Waals surface area (Å²) in [6.07, 6.45) is 0.404. The average Bonchev–Trinajstić information content (AvgIpc) is 2.82. The van der Waals surface area contributed by atoms with Crippen molar-refractivity contribution >= 4 is 28.4 Å². The molecule has 1 fully saturated rings. The van der Waals surface area contributed by atoms with Crippen molar-refractivity contribution in [2.24, 2.45) is 0 Å². The number of nitrogens with zero attached hydrogens (tertiary/aromatic N) is 2. The molecule has 1 aliphatic rings. The number of fused-ring (bicyclic) bond motifs is 1. The molecule has 0 aromatic heterocycles. The molecule has 0 spiro atoms. The summed E-state index contributed by atoms with van der Waals surface area (Å²) in [4.78, 5) is 41.5.